The van der Waals surface area contributed by atoms with Gasteiger partial charge in [-0.05, 0) is 40.5 Å². The van der Waals surface area contributed by atoms with Gasteiger partial charge in [0.1, 0.15) is 11.6 Å². The Balaban J connectivity index is 3.51. The second-order valence-corrected chi connectivity index (χ2v) is 8.17. The first kappa shape index (κ1) is 26.2. The highest BCUT2D eigenvalue weighted by Crippen LogP contribution is 2.11. The number of ether oxygens (including phenoxy) is 2. The first-order valence-corrected chi connectivity index (χ1v) is 10.5. The molecule has 0 aliphatic heterocycles. The fraction of sp³-hybridized carbons (Fsp3) is 0.857. The minimum atomic E-state index is -0.617. The fourth-order valence-electron chi connectivity index (χ4n) is 2.65. The Kier molecular flexibility index (Phi) is 14.2. The largest absolute Gasteiger partial charge is 0.469 e. The number of alkyl carbamates (subject to hydrolysis) is 1. The van der Waals surface area contributed by atoms with Crippen LogP contribution in [-0.4, -0.2) is 43.3 Å². The summed E-state index contributed by atoms with van der Waals surface area (Å²) >= 11 is 0. The first-order chi connectivity index (χ1) is 13.2. The van der Waals surface area contributed by atoms with E-state index in [1.807, 2.05) is 0 Å². The van der Waals surface area contributed by atoms with Crippen LogP contribution in [0.15, 0.2) is 0 Å². The molecule has 164 valence electrons. The predicted molar refractivity (Wildman–Crippen MR) is 110 cm³/mol. The highest BCUT2D eigenvalue weighted by atomic mass is 16.6. The topological polar surface area (TPSA) is 93.7 Å². The number of carbonyl (C=O) groups is 3. The van der Waals surface area contributed by atoms with Crippen LogP contribution in [0.3, 0.4) is 0 Å². The van der Waals surface area contributed by atoms with Gasteiger partial charge >= 0.3 is 12.1 Å². The van der Waals surface area contributed by atoms with E-state index in [9.17, 15) is 14.4 Å². The van der Waals surface area contributed by atoms with Crippen molar-refractivity contribution in [2.24, 2.45) is 0 Å². The number of rotatable bonds is 14. The molecule has 7 nitrogen and oxygen atoms in total. The standard InChI is InChI=1S/C21H40N2O5/c1-17(23-20(26)28-21(2,3)4)19(25)22-16-14-12-10-8-6-7-9-11-13-15-18(24)27-5/h17H,6-16H2,1-5H3,(H,22,25)(H,23,26)/t17-/m0/s1. The van der Waals surface area contributed by atoms with Crippen LogP contribution in [-0.2, 0) is 19.1 Å². The number of esters is 1. The number of nitrogens with one attached hydrogen (secondary N) is 2. The van der Waals surface area contributed by atoms with Crippen molar-refractivity contribution in [3.8, 4) is 0 Å². The molecular formula is C21H40N2O5. The molecule has 0 aromatic rings. The average Bonchev–Trinajstić information content (AvgIpc) is 2.60. The van der Waals surface area contributed by atoms with Gasteiger partial charge in [-0.1, -0.05) is 44.9 Å². The van der Waals surface area contributed by atoms with Gasteiger partial charge in [-0.15, -0.1) is 0 Å². The molecule has 2 amide bonds. The summed E-state index contributed by atoms with van der Waals surface area (Å²) in [6.07, 6.45) is 9.87. The maximum atomic E-state index is 12.0. The van der Waals surface area contributed by atoms with Gasteiger partial charge < -0.3 is 20.1 Å². The molecule has 0 bridgehead atoms. The molecule has 0 aromatic heterocycles. The molecule has 0 rings (SSSR count). The monoisotopic (exact) mass is 400 g/mol. The predicted octanol–water partition coefficient (Wildman–Crippen LogP) is 4.09. The Morgan fingerprint density at radius 1 is 0.857 bits per heavy atom. The molecule has 0 radical (unpaired) electrons. The number of unbranched alkanes of at least 4 members (excludes halogenated alkanes) is 8. The fourth-order valence-corrected chi connectivity index (χ4v) is 2.65. The zero-order valence-corrected chi connectivity index (χ0v) is 18.4. The lowest BCUT2D eigenvalue weighted by atomic mass is 10.1. The van der Waals surface area contributed by atoms with Crippen molar-refractivity contribution in [1.82, 2.24) is 10.6 Å². The molecule has 0 saturated carbocycles. The second kappa shape index (κ2) is 15.2. The van der Waals surface area contributed by atoms with Gasteiger partial charge in [0.15, 0.2) is 0 Å². The third kappa shape index (κ3) is 16.4. The average molecular weight is 401 g/mol. The van der Waals surface area contributed by atoms with E-state index in [2.05, 4.69) is 15.4 Å². The summed E-state index contributed by atoms with van der Waals surface area (Å²) in [6, 6.07) is -0.617. The van der Waals surface area contributed by atoms with E-state index < -0.39 is 17.7 Å². The second-order valence-electron chi connectivity index (χ2n) is 8.17. The van der Waals surface area contributed by atoms with E-state index in [0.717, 1.165) is 38.5 Å². The van der Waals surface area contributed by atoms with Crippen LogP contribution in [0.4, 0.5) is 4.79 Å². The Hall–Kier alpha value is -1.79. The molecule has 0 fully saturated rings. The molecule has 0 unspecified atom stereocenters. The van der Waals surface area contributed by atoms with Crippen LogP contribution >= 0.6 is 0 Å². The third-order valence-electron chi connectivity index (χ3n) is 4.21. The van der Waals surface area contributed by atoms with Gasteiger partial charge in [-0.2, -0.15) is 0 Å². The Morgan fingerprint density at radius 2 is 1.36 bits per heavy atom. The quantitative estimate of drug-likeness (QED) is 0.338. The van der Waals surface area contributed by atoms with Gasteiger partial charge in [0, 0.05) is 13.0 Å². The summed E-state index contributed by atoms with van der Waals surface area (Å²) in [5.41, 5.74) is -0.580. The summed E-state index contributed by atoms with van der Waals surface area (Å²) < 4.78 is 9.75. The Labute approximate surface area is 170 Å². The van der Waals surface area contributed by atoms with Gasteiger partial charge in [-0.25, -0.2) is 4.79 Å². The maximum Gasteiger partial charge on any atom is 0.408 e. The van der Waals surface area contributed by atoms with Crippen molar-refractivity contribution >= 4 is 18.0 Å². The highest BCUT2D eigenvalue weighted by molar-refractivity contribution is 5.85. The molecule has 0 saturated heterocycles. The zero-order valence-electron chi connectivity index (χ0n) is 18.4. The summed E-state index contributed by atoms with van der Waals surface area (Å²) in [6.45, 7) is 7.60. The smallest absolute Gasteiger partial charge is 0.408 e. The Morgan fingerprint density at radius 3 is 1.86 bits per heavy atom. The van der Waals surface area contributed by atoms with Crippen molar-refractivity contribution in [3.63, 3.8) is 0 Å². The van der Waals surface area contributed by atoms with E-state index in [0.29, 0.717) is 13.0 Å². The highest BCUT2D eigenvalue weighted by Gasteiger charge is 2.20. The molecule has 0 heterocycles. The van der Waals surface area contributed by atoms with Crippen LogP contribution in [0.5, 0.6) is 0 Å². The normalized spacial score (nSPS) is 12.2. The number of carbonyl (C=O) groups excluding carboxylic acids is 3. The molecular weight excluding hydrogens is 360 g/mol. The lowest BCUT2D eigenvalue weighted by Gasteiger charge is -2.21. The summed E-state index contributed by atoms with van der Waals surface area (Å²) in [7, 11) is 1.43. The maximum absolute atomic E-state index is 12.0. The van der Waals surface area contributed by atoms with Crippen LogP contribution in [0, 0.1) is 0 Å². The molecule has 0 aromatic carbocycles. The molecule has 1 atom stereocenters. The van der Waals surface area contributed by atoms with Crippen molar-refractivity contribution in [1.29, 1.82) is 0 Å². The number of hydrogen-bond donors (Lipinski definition) is 2. The van der Waals surface area contributed by atoms with Crippen LogP contribution < -0.4 is 10.6 Å². The lowest BCUT2D eigenvalue weighted by molar-refractivity contribution is -0.140. The van der Waals surface area contributed by atoms with Crippen molar-refractivity contribution < 1.29 is 23.9 Å². The molecule has 28 heavy (non-hydrogen) atoms. The van der Waals surface area contributed by atoms with Crippen molar-refractivity contribution in [2.45, 2.75) is 104 Å². The summed E-state index contributed by atoms with van der Waals surface area (Å²) in [5.74, 6) is -0.320. The molecule has 0 aliphatic rings. The van der Waals surface area contributed by atoms with Crippen molar-refractivity contribution in [2.75, 3.05) is 13.7 Å². The zero-order chi connectivity index (χ0) is 21.4. The Bertz CT molecular complexity index is 460. The first-order valence-electron chi connectivity index (χ1n) is 10.5. The molecule has 0 aliphatic carbocycles. The third-order valence-corrected chi connectivity index (χ3v) is 4.21. The number of hydrogen-bond acceptors (Lipinski definition) is 5. The van der Waals surface area contributed by atoms with Gasteiger partial charge in [0.2, 0.25) is 5.91 Å². The van der Waals surface area contributed by atoms with E-state index in [-0.39, 0.29) is 11.9 Å². The van der Waals surface area contributed by atoms with Gasteiger partial charge in [0.05, 0.1) is 7.11 Å². The van der Waals surface area contributed by atoms with E-state index in [1.54, 1.807) is 27.7 Å². The van der Waals surface area contributed by atoms with Crippen LogP contribution in [0.2, 0.25) is 0 Å². The molecule has 0 spiro atoms. The SMILES string of the molecule is COC(=O)CCCCCCCCCCCNC(=O)[C@H](C)NC(=O)OC(C)(C)C. The van der Waals surface area contributed by atoms with Gasteiger partial charge in [-0.3, -0.25) is 9.59 Å². The number of amides is 2. The number of methoxy groups -OCH3 is 1. The lowest BCUT2D eigenvalue weighted by Crippen LogP contribution is -2.46. The van der Waals surface area contributed by atoms with Crippen molar-refractivity contribution in [3.05, 3.63) is 0 Å². The van der Waals surface area contributed by atoms with Crippen LogP contribution in [0.25, 0.3) is 0 Å². The minimum Gasteiger partial charge on any atom is -0.469 e. The molecule has 2 N–H and O–H groups in total. The van der Waals surface area contributed by atoms with E-state index >= 15 is 0 Å². The van der Waals surface area contributed by atoms with E-state index in [4.69, 9.17) is 4.74 Å². The summed E-state index contributed by atoms with van der Waals surface area (Å²) in [4.78, 5) is 34.6. The molecule has 7 heteroatoms. The van der Waals surface area contributed by atoms with Gasteiger partial charge in [0.25, 0.3) is 0 Å². The summed E-state index contributed by atoms with van der Waals surface area (Å²) in [5, 5.41) is 5.38. The van der Waals surface area contributed by atoms with E-state index in [1.165, 1.54) is 26.4 Å². The van der Waals surface area contributed by atoms with Crippen LogP contribution in [0.1, 0.15) is 91.9 Å². The minimum absolute atomic E-state index is 0.123.